The summed E-state index contributed by atoms with van der Waals surface area (Å²) in [6.07, 6.45) is 8.46. The van der Waals surface area contributed by atoms with Crippen LogP contribution in [0.3, 0.4) is 0 Å². The highest BCUT2D eigenvalue weighted by atomic mass is 32.1. The van der Waals surface area contributed by atoms with Crippen molar-refractivity contribution in [1.29, 1.82) is 0 Å². The maximum absolute atomic E-state index is 4.80. The van der Waals surface area contributed by atoms with Crippen LogP contribution in [-0.2, 0) is 6.54 Å². The second-order valence-electron chi connectivity index (χ2n) is 5.60. The average molecular weight is 265 g/mol. The van der Waals surface area contributed by atoms with E-state index in [4.69, 9.17) is 4.98 Å². The van der Waals surface area contributed by atoms with E-state index in [1.807, 2.05) is 18.4 Å². The van der Waals surface area contributed by atoms with Crippen LogP contribution in [0.4, 0.5) is 5.13 Å². The number of piperidine rings is 1. The Kier molecular flexibility index (Phi) is 3.85. The van der Waals surface area contributed by atoms with E-state index in [1.165, 1.54) is 55.9 Å². The first-order valence-electron chi connectivity index (χ1n) is 7.24. The molecule has 0 spiro atoms. The van der Waals surface area contributed by atoms with Crippen LogP contribution in [0, 0.1) is 5.92 Å². The molecule has 1 saturated heterocycles. The van der Waals surface area contributed by atoms with E-state index in [1.54, 1.807) is 0 Å². The number of hydrogen-bond donors (Lipinski definition) is 1. The highest BCUT2D eigenvalue weighted by molar-refractivity contribution is 7.13. The Bertz CT molecular complexity index is 388. The van der Waals surface area contributed by atoms with Gasteiger partial charge >= 0.3 is 0 Å². The van der Waals surface area contributed by atoms with Crippen molar-refractivity contribution in [1.82, 2.24) is 10.3 Å². The largest absolute Gasteiger partial charge is 0.345 e. The number of thiazole rings is 1. The molecule has 2 aliphatic rings. The van der Waals surface area contributed by atoms with Crippen LogP contribution in [0.2, 0.25) is 0 Å². The quantitative estimate of drug-likeness (QED) is 0.910. The van der Waals surface area contributed by atoms with Gasteiger partial charge in [0.05, 0.1) is 5.69 Å². The van der Waals surface area contributed by atoms with Gasteiger partial charge in [0.15, 0.2) is 5.13 Å². The van der Waals surface area contributed by atoms with Gasteiger partial charge in [-0.05, 0) is 38.6 Å². The molecule has 1 saturated carbocycles. The Morgan fingerprint density at radius 2 is 2.17 bits per heavy atom. The molecule has 100 valence electrons. The molecular formula is C14H23N3S. The molecule has 0 bridgehead atoms. The molecule has 1 N–H and O–H groups in total. The molecule has 18 heavy (non-hydrogen) atoms. The first-order valence-corrected chi connectivity index (χ1v) is 8.12. The van der Waals surface area contributed by atoms with Crippen molar-refractivity contribution < 1.29 is 0 Å². The summed E-state index contributed by atoms with van der Waals surface area (Å²) in [4.78, 5) is 7.40. The molecule has 2 fully saturated rings. The maximum Gasteiger partial charge on any atom is 0.185 e. The lowest BCUT2D eigenvalue weighted by Crippen LogP contribution is -2.46. The Labute approximate surface area is 114 Å². The SMILES string of the molecule is CNCc1csc(N2CCC[C@H]3CCCC[C@H]32)n1. The molecule has 2 heterocycles. The Morgan fingerprint density at radius 1 is 1.33 bits per heavy atom. The minimum atomic E-state index is 0.779. The molecule has 0 amide bonds. The van der Waals surface area contributed by atoms with Gasteiger partial charge in [-0.3, -0.25) is 0 Å². The number of nitrogens with zero attached hydrogens (tertiary/aromatic N) is 2. The minimum Gasteiger partial charge on any atom is -0.345 e. The molecule has 4 heteroatoms. The molecule has 1 aromatic heterocycles. The second kappa shape index (κ2) is 5.57. The van der Waals surface area contributed by atoms with Gasteiger partial charge in [0.2, 0.25) is 0 Å². The molecule has 3 nitrogen and oxygen atoms in total. The summed E-state index contributed by atoms with van der Waals surface area (Å²) >= 11 is 1.83. The molecule has 2 atom stereocenters. The second-order valence-corrected chi connectivity index (χ2v) is 6.44. The van der Waals surface area contributed by atoms with E-state index in [9.17, 15) is 0 Å². The van der Waals surface area contributed by atoms with Gasteiger partial charge in [0.1, 0.15) is 0 Å². The van der Waals surface area contributed by atoms with Crippen molar-refractivity contribution in [3.05, 3.63) is 11.1 Å². The zero-order valence-corrected chi connectivity index (χ0v) is 12.0. The van der Waals surface area contributed by atoms with Crippen molar-refractivity contribution in [3.8, 4) is 0 Å². The first-order chi connectivity index (χ1) is 8.88. The number of aromatic nitrogens is 1. The average Bonchev–Trinajstić information content (AvgIpc) is 2.87. The van der Waals surface area contributed by atoms with Crippen molar-refractivity contribution in [2.75, 3.05) is 18.5 Å². The van der Waals surface area contributed by atoms with Crippen LogP contribution < -0.4 is 10.2 Å². The third-order valence-corrected chi connectivity index (χ3v) is 5.31. The molecular weight excluding hydrogens is 242 g/mol. The van der Waals surface area contributed by atoms with Gasteiger partial charge in [0.25, 0.3) is 0 Å². The van der Waals surface area contributed by atoms with Crippen LogP contribution in [0.1, 0.15) is 44.2 Å². The lowest BCUT2D eigenvalue weighted by Gasteiger charge is -2.44. The number of fused-ring (bicyclic) bond motifs is 1. The van der Waals surface area contributed by atoms with E-state index in [0.29, 0.717) is 0 Å². The summed E-state index contributed by atoms with van der Waals surface area (Å²) in [6, 6.07) is 0.779. The molecule has 1 aromatic rings. The predicted molar refractivity (Wildman–Crippen MR) is 77.2 cm³/mol. The Morgan fingerprint density at radius 3 is 3.06 bits per heavy atom. The van der Waals surface area contributed by atoms with Gasteiger partial charge in [-0.15, -0.1) is 11.3 Å². The summed E-state index contributed by atoms with van der Waals surface area (Å²) in [5, 5.41) is 6.65. The fourth-order valence-electron chi connectivity index (χ4n) is 3.55. The van der Waals surface area contributed by atoms with E-state index in [-0.39, 0.29) is 0 Å². The smallest absolute Gasteiger partial charge is 0.185 e. The molecule has 3 rings (SSSR count). The standard InChI is InChI=1S/C14H23N3S/c1-15-9-12-10-18-14(16-12)17-8-4-6-11-5-2-3-7-13(11)17/h10-11,13,15H,2-9H2,1H3/t11-,13-/m1/s1. The van der Waals surface area contributed by atoms with Crippen molar-refractivity contribution >= 4 is 16.5 Å². The Balaban J connectivity index is 1.76. The molecule has 0 radical (unpaired) electrons. The molecule has 0 aromatic carbocycles. The van der Waals surface area contributed by atoms with Crippen LogP contribution in [0.25, 0.3) is 0 Å². The highest BCUT2D eigenvalue weighted by Crippen LogP contribution is 2.38. The Hall–Kier alpha value is -0.610. The van der Waals surface area contributed by atoms with E-state index < -0.39 is 0 Å². The fourth-order valence-corrected chi connectivity index (χ4v) is 4.46. The third-order valence-electron chi connectivity index (χ3n) is 4.39. The maximum atomic E-state index is 4.80. The van der Waals surface area contributed by atoms with Crippen LogP contribution in [-0.4, -0.2) is 24.6 Å². The number of nitrogens with one attached hydrogen (secondary N) is 1. The predicted octanol–water partition coefficient (Wildman–Crippen LogP) is 3.02. The normalized spacial score (nSPS) is 28.2. The fraction of sp³-hybridized carbons (Fsp3) is 0.786. The van der Waals surface area contributed by atoms with E-state index >= 15 is 0 Å². The van der Waals surface area contributed by atoms with Crippen LogP contribution in [0.5, 0.6) is 0 Å². The van der Waals surface area contributed by atoms with Gasteiger partial charge in [-0.25, -0.2) is 4.98 Å². The van der Waals surface area contributed by atoms with E-state index in [0.717, 1.165) is 18.5 Å². The summed E-state index contributed by atoms with van der Waals surface area (Å²) in [5.74, 6) is 0.934. The minimum absolute atomic E-state index is 0.779. The lowest BCUT2D eigenvalue weighted by atomic mass is 9.78. The number of rotatable bonds is 3. The van der Waals surface area contributed by atoms with Gasteiger partial charge in [-0.2, -0.15) is 0 Å². The van der Waals surface area contributed by atoms with Gasteiger partial charge in [-0.1, -0.05) is 12.8 Å². The molecule has 0 unspecified atom stereocenters. The first kappa shape index (κ1) is 12.4. The van der Waals surface area contributed by atoms with Crippen LogP contribution >= 0.6 is 11.3 Å². The van der Waals surface area contributed by atoms with Crippen molar-refractivity contribution in [3.63, 3.8) is 0 Å². The zero-order valence-electron chi connectivity index (χ0n) is 11.2. The molecule has 1 aliphatic carbocycles. The summed E-state index contributed by atoms with van der Waals surface area (Å²) in [5.41, 5.74) is 1.19. The molecule has 1 aliphatic heterocycles. The monoisotopic (exact) mass is 265 g/mol. The lowest BCUT2D eigenvalue weighted by molar-refractivity contribution is 0.243. The summed E-state index contributed by atoms with van der Waals surface area (Å²) < 4.78 is 0. The topological polar surface area (TPSA) is 28.2 Å². The number of hydrogen-bond acceptors (Lipinski definition) is 4. The van der Waals surface area contributed by atoms with Crippen molar-refractivity contribution in [2.24, 2.45) is 5.92 Å². The van der Waals surface area contributed by atoms with Crippen LogP contribution in [0.15, 0.2) is 5.38 Å². The third kappa shape index (κ3) is 2.41. The zero-order chi connectivity index (χ0) is 12.4. The summed E-state index contributed by atoms with van der Waals surface area (Å²) in [7, 11) is 1.98. The van der Waals surface area contributed by atoms with Crippen molar-refractivity contribution in [2.45, 2.75) is 51.1 Å². The summed E-state index contributed by atoms with van der Waals surface area (Å²) in [6.45, 7) is 2.10. The van der Waals surface area contributed by atoms with E-state index in [2.05, 4.69) is 15.6 Å². The van der Waals surface area contributed by atoms with Gasteiger partial charge < -0.3 is 10.2 Å². The highest BCUT2D eigenvalue weighted by Gasteiger charge is 2.34. The van der Waals surface area contributed by atoms with Gasteiger partial charge in [0, 0.05) is 24.5 Å². The number of anilines is 1.